The Morgan fingerprint density at radius 3 is 2.80 bits per heavy atom. The van der Waals surface area contributed by atoms with Gasteiger partial charge in [-0.1, -0.05) is 18.2 Å². The molecule has 2 aliphatic heterocycles. The standard InChI is InChI=1S/C17H24N2O/c1-12-6-5-8-15(18-12)17(20)19-13(2)10-11-14-7-3-4-9-16(14)19/h3-4,7,9,12-13,15,18H,5-6,8,10-11H2,1-2H3. The largest absolute Gasteiger partial charge is 0.308 e. The van der Waals surface area contributed by atoms with Crippen molar-refractivity contribution in [2.45, 2.75) is 64.1 Å². The third-order valence-corrected chi connectivity index (χ3v) is 4.67. The van der Waals surface area contributed by atoms with Crippen molar-refractivity contribution < 1.29 is 4.79 Å². The summed E-state index contributed by atoms with van der Waals surface area (Å²) in [5.41, 5.74) is 2.43. The van der Waals surface area contributed by atoms with E-state index in [0.717, 1.165) is 31.4 Å². The zero-order valence-electron chi connectivity index (χ0n) is 12.4. The van der Waals surface area contributed by atoms with Crippen LogP contribution in [-0.4, -0.2) is 24.0 Å². The van der Waals surface area contributed by atoms with Gasteiger partial charge in [-0.25, -0.2) is 0 Å². The minimum atomic E-state index is -0.00708. The van der Waals surface area contributed by atoms with Gasteiger partial charge in [0.25, 0.3) is 0 Å². The zero-order chi connectivity index (χ0) is 14.1. The molecule has 0 spiro atoms. The van der Waals surface area contributed by atoms with Crippen molar-refractivity contribution in [2.75, 3.05) is 4.90 Å². The van der Waals surface area contributed by atoms with Crippen molar-refractivity contribution in [3.05, 3.63) is 29.8 Å². The lowest BCUT2D eigenvalue weighted by Crippen LogP contribution is -2.54. The van der Waals surface area contributed by atoms with Crippen LogP contribution in [0.1, 0.15) is 45.1 Å². The first-order valence-electron chi connectivity index (χ1n) is 7.84. The van der Waals surface area contributed by atoms with Gasteiger partial charge in [0.15, 0.2) is 0 Å². The number of nitrogens with one attached hydrogen (secondary N) is 1. The van der Waals surface area contributed by atoms with Gasteiger partial charge in [-0.3, -0.25) is 4.79 Å². The highest BCUT2D eigenvalue weighted by molar-refractivity contribution is 5.98. The molecule has 1 aromatic carbocycles. The van der Waals surface area contributed by atoms with Crippen molar-refractivity contribution in [2.24, 2.45) is 0 Å². The Kier molecular flexibility index (Phi) is 3.79. The molecule has 0 aromatic heterocycles. The fraction of sp³-hybridized carbons (Fsp3) is 0.588. The maximum Gasteiger partial charge on any atom is 0.244 e. The number of carbonyl (C=O) groups is 1. The maximum absolute atomic E-state index is 12.9. The van der Waals surface area contributed by atoms with Crippen LogP contribution in [-0.2, 0) is 11.2 Å². The number of amides is 1. The van der Waals surface area contributed by atoms with E-state index in [1.165, 1.54) is 12.0 Å². The van der Waals surface area contributed by atoms with Crippen molar-refractivity contribution in [1.29, 1.82) is 0 Å². The summed E-state index contributed by atoms with van der Waals surface area (Å²) in [6, 6.07) is 9.09. The summed E-state index contributed by atoms with van der Waals surface area (Å²) in [6.45, 7) is 4.34. The van der Waals surface area contributed by atoms with Crippen molar-refractivity contribution in [3.8, 4) is 0 Å². The lowest BCUT2D eigenvalue weighted by atomic mass is 9.93. The molecule has 3 unspecified atom stereocenters. The molecule has 0 saturated carbocycles. The van der Waals surface area contributed by atoms with Crippen LogP contribution in [0, 0.1) is 0 Å². The Morgan fingerprint density at radius 2 is 2.00 bits per heavy atom. The first kappa shape index (κ1) is 13.6. The lowest BCUT2D eigenvalue weighted by molar-refractivity contribution is -0.122. The Labute approximate surface area is 121 Å². The molecule has 2 heterocycles. The molecule has 20 heavy (non-hydrogen) atoms. The maximum atomic E-state index is 12.9. The van der Waals surface area contributed by atoms with Gasteiger partial charge < -0.3 is 10.2 Å². The van der Waals surface area contributed by atoms with E-state index in [9.17, 15) is 4.79 Å². The molecule has 1 saturated heterocycles. The summed E-state index contributed by atoms with van der Waals surface area (Å²) in [4.78, 5) is 15.0. The minimum absolute atomic E-state index is 0.00708. The molecule has 1 N–H and O–H groups in total. The molecule has 3 rings (SSSR count). The molecule has 108 valence electrons. The van der Waals surface area contributed by atoms with Crippen LogP contribution in [0.4, 0.5) is 5.69 Å². The monoisotopic (exact) mass is 272 g/mol. The molecule has 1 aromatic rings. The van der Waals surface area contributed by atoms with E-state index in [0.29, 0.717) is 12.1 Å². The fourth-order valence-electron chi connectivity index (χ4n) is 3.53. The van der Waals surface area contributed by atoms with E-state index in [1.807, 2.05) is 11.0 Å². The van der Waals surface area contributed by atoms with Gasteiger partial charge in [-0.05, 0) is 57.6 Å². The molecule has 0 bridgehead atoms. The van der Waals surface area contributed by atoms with E-state index >= 15 is 0 Å². The van der Waals surface area contributed by atoms with Gasteiger partial charge in [0.05, 0.1) is 6.04 Å². The number of aryl methyl sites for hydroxylation is 1. The van der Waals surface area contributed by atoms with Crippen LogP contribution >= 0.6 is 0 Å². The Morgan fingerprint density at radius 1 is 1.20 bits per heavy atom. The van der Waals surface area contributed by atoms with Crippen molar-refractivity contribution in [3.63, 3.8) is 0 Å². The zero-order valence-corrected chi connectivity index (χ0v) is 12.4. The van der Waals surface area contributed by atoms with Crippen LogP contribution in [0.25, 0.3) is 0 Å². The molecular weight excluding hydrogens is 248 g/mol. The number of fused-ring (bicyclic) bond motifs is 1. The highest BCUT2D eigenvalue weighted by Gasteiger charge is 2.34. The quantitative estimate of drug-likeness (QED) is 0.852. The third-order valence-electron chi connectivity index (χ3n) is 4.67. The fourth-order valence-corrected chi connectivity index (χ4v) is 3.53. The second-order valence-corrected chi connectivity index (χ2v) is 6.28. The number of anilines is 1. The molecule has 3 atom stereocenters. The van der Waals surface area contributed by atoms with Crippen LogP contribution in [0.3, 0.4) is 0 Å². The number of piperidine rings is 1. The topological polar surface area (TPSA) is 32.3 Å². The highest BCUT2D eigenvalue weighted by atomic mass is 16.2. The van der Waals surface area contributed by atoms with Gasteiger partial charge >= 0.3 is 0 Å². The summed E-state index contributed by atoms with van der Waals surface area (Å²) >= 11 is 0. The first-order valence-corrected chi connectivity index (χ1v) is 7.84. The first-order chi connectivity index (χ1) is 9.66. The summed E-state index contributed by atoms with van der Waals surface area (Å²) in [6.07, 6.45) is 5.43. The number of carbonyl (C=O) groups excluding carboxylic acids is 1. The van der Waals surface area contributed by atoms with Gasteiger partial charge in [-0.2, -0.15) is 0 Å². The van der Waals surface area contributed by atoms with Gasteiger partial charge in [0.2, 0.25) is 5.91 Å². The van der Waals surface area contributed by atoms with E-state index < -0.39 is 0 Å². The van der Waals surface area contributed by atoms with Gasteiger partial charge in [-0.15, -0.1) is 0 Å². The van der Waals surface area contributed by atoms with Gasteiger partial charge in [0.1, 0.15) is 0 Å². The normalized spacial score (nSPS) is 29.9. The van der Waals surface area contributed by atoms with Gasteiger partial charge in [0, 0.05) is 17.8 Å². The van der Waals surface area contributed by atoms with E-state index in [2.05, 4.69) is 37.4 Å². The molecule has 1 amide bonds. The van der Waals surface area contributed by atoms with E-state index in [4.69, 9.17) is 0 Å². The number of rotatable bonds is 1. The summed E-state index contributed by atoms with van der Waals surface area (Å²) in [7, 11) is 0. The number of hydrogen-bond acceptors (Lipinski definition) is 2. The predicted molar refractivity (Wildman–Crippen MR) is 81.9 cm³/mol. The molecule has 1 fully saturated rings. The van der Waals surface area contributed by atoms with E-state index in [-0.39, 0.29) is 11.9 Å². The average Bonchev–Trinajstić information content (AvgIpc) is 2.46. The van der Waals surface area contributed by atoms with Crippen LogP contribution in [0.15, 0.2) is 24.3 Å². The smallest absolute Gasteiger partial charge is 0.244 e. The van der Waals surface area contributed by atoms with Crippen molar-refractivity contribution in [1.82, 2.24) is 5.32 Å². The minimum Gasteiger partial charge on any atom is -0.308 e. The second kappa shape index (κ2) is 5.57. The summed E-state index contributed by atoms with van der Waals surface area (Å²) in [5.74, 6) is 0.260. The number of para-hydroxylation sites is 1. The van der Waals surface area contributed by atoms with Crippen molar-refractivity contribution >= 4 is 11.6 Å². The van der Waals surface area contributed by atoms with E-state index in [1.54, 1.807) is 0 Å². The lowest BCUT2D eigenvalue weighted by Gasteiger charge is -2.39. The SMILES string of the molecule is CC1CCCC(C(=O)N2c3ccccc3CCC2C)N1. The molecule has 3 heteroatoms. The Bertz CT molecular complexity index is 500. The third kappa shape index (κ3) is 2.47. The molecule has 0 radical (unpaired) electrons. The number of benzene rings is 1. The van der Waals surface area contributed by atoms with Crippen LogP contribution in [0.2, 0.25) is 0 Å². The molecule has 3 nitrogen and oxygen atoms in total. The Balaban J connectivity index is 1.86. The number of hydrogen-bond donors (Lipinski definition) is 1. The summed E-state index contributed by atoms with van der Waals surface area (Å²) < 4.78 is 0. The predicted octanol–water partition coefficient (Wildman–Crippen LogP) is 2.88. The molecular formula is C17H24N2O. The average molecular weight is 272 g/mol. The molecule has 2 aliphatic rings. The Hall–Kier alpha value is -1.35. The summed E-state index contributed by atoms with van der Waals surface area (Å²) in [5, 5.41) is 3.47. The van der Waals surface area contributed by atoms with Crippen LogP contribution < -0.4 is 10.2 Å². The highest BCUT2D eigenvalue weighted by Crippen LogP contribution is 2.31. The second-order valence-electron chi connectivity index (χ2n) is 6.28. The molecule has 0 aliphatic carbocycles. The number of nitrogens with zero attached hydrogens (tertiary/aromatic N) is 1. The van der Waals surface area contributed by atoms with Crippen LogP contribution in [0.5, 0.6) is 0 Å².